The summed E-state index contributed by atoms with van der Waals surface area (Å²) in [6.07, 6.45) is -0.726. The van der Waals surface area contributed by atoms with Crippen LogP contribution in [-0.2, 0) is 19.1 Å². The fourth-order valence-electron chi connectivity index (χ4n) is 4.62. The van der Waals surface area contributed by atoms with E-state index in [2.05, 4.69) is 29.6 Å². The van der Waals surface area contributed by atoms with Crippen molar-refractivity contribution in [2.45, 2.75) is 25.3 Å². The number of hydrogen-bond acceptors (Lipinski definition) is 5. The third-order valence-electron chi connectivity index (χ3n) is 6.33. The van der Waals surface area contributed by atoms with Crippen LogP contribution in [0, 0.1) is 5.92 Å². The monoisotopic (exact) mass is 452 g/mol. The molecule has 0 bridgehead atoms. The van der Waals surface area contributed by atoms with Crippen LogP contribution in [0.2, 0.25) is 0 Å². The number of benzene rings is 2. The molecule has 4 rings (SSSR count). The van der Waals surface area contributed by atoms with Gasteiger partial charge in [0.05, 0.1) is 31.6 Å². The Hall–Kier alpha value is -3.39. The van der Waals surface area contributed by atoms with Gasteiger partial charge in [-0.15, -0.1) is 0 Å². The summed E-state index contributed by atoms with van der Waals surface area (Å²) in [5.41, 5.74) is 4.55. The summed E-state index contributed by atoms with van der Waals surface area (Å²) in [6.45, 7) is 2.88. The number of hydrogen-bond donors (Lipinski definition) is 2. The topological polar surface area (TPSA) is 105 Å². The molecule has 2 unspecified atom stereocenters. The number of aliphatic carboxylic acids is 1. The highest BCUT2D eigenvalue weighted by molar-refractivity contribution is 5.82. The Morgan fingerprint density at radius 3 is 2.30 bits per heavy atom. The Balaban J connectivity index is 1.37. The molecule has 174 valence electrons. The average molecular weight is 453 g/mol. The molecule has 2 aliphatic rings. The van der Waals surface area contributed by atoms with E-state index >= 15 is 0 Å². The second-order valence-corrected chi connectivity index (χ2v) is 8.28. The van der Waals surface area contributed by atoms with Gasteiger partial charge in [-0.05, 0) is 29.2 Å². The Bertz CT molecular complexity index is 994. The second-order valence-electron chi connectivity index (χ2n) is 8.28. The fraction of sp³-hybridized carbons (Fsp3) is 0.400. The van der Waals surface area contributed by atoms with Gasteiger partial charge < -0.3 is 24.8 Å². The largest absolute Gasteiger partial charge is 0.481 e. The van der Waals surface area contributed by atoms with Crippen LogP contribution in [0.15, 0.2) is 48.5 Å². The van der Waals surface area contributed by atoms with E-state index in [0.717, 1.165) is 22.3 Å². The predicted molar refractivity (Wildman–Crippen MR) is 121 cm³/mol. The summed E-state index contributed by atoms with van der Waals surface area (Å²) in [5.74, 6) is -1.80. The molecule has 1 fully saturated rings. The number of nitrogens with one attached hydrogen (secondary N) is 1. The molecule has 1 aliphatic carbocycles. The number of carbonyl (C=O) groups is 3. The zero-order valence-corrected chi connectivity index (χ0v) is 18.5. The normalized spacial score (nSPS) is 18.9. The van der Waals surface area contributed by atoms with Gasteiger partial charge in [-0.25, -0.2) is 4.79 Å². The van der Waals surface area contributed by atoms with Gasteiger partial charge in [-0.3, -0.25) is 9.59 Å². The molecule has 2 aromatic rings. The second kappa shape index (κ2) is 10.0. The quantitative estimate of drug-likeness (QED) is 0.638. The minimum atomic E-state index is -0.961. The lowest BCUT2D eigenvalue weighted by Crippen LogP contribution is -2.48. The number of nitrogens with zero attached hydrogens (tertiary/aromatic N) is 1. The minimum Gasteiger partial charge on any atom is -0.481 e. The summed E-state index contributed by atoms with van der Waals surface area (Å²) >= 11 is 0. The molecule has 1 aliphatic heterocycles. The van der Waals surface area contributed by atoms with Crippen molar-refractivity contribution in [2.24, 2.45) is 5.92 Å². The molecule has 0 saturated carbocycles. The van der Waals surface area contributed by atoms with E-state index in [1.165, 1.54) is 4.90 Å². The van der Waals surface area contributed by atoms with Crippen LogP contribution >= 0.6 is 0 Å². The van der Waals surface area contributed by atoms with Crippen LogP contribution in [0.4, 0.5) is 4.79 Å². The van der Waals surface area contributed by atoms with E-state index < -0.39 is 24.0 Å². The zero-order chi connectivity index (χ0) is 23.4. The van der Waals surface area contributed by atoms with Crippen molar-refractivity contribution < 1.29 is 29.0 Å². The predicted octanol–water partition coefficient (Wildman–Crippen LogP) is 2.86. The number of carboxylic acid groups (broad SMARTS) is 1. The van der Waals surface area contributed by atoms with Crippen LogP contribution in [0.1, 0.15) is 30.4 Å². The average Bonchev–Trinajstić information content (AvgIpc) is 3.40. The van der Waals surface area contributed by atoms with Gasteiger partial charge in [0.25, 0.3) is 0 Å². The first-order valence-electron chi connectivity index (χ1n) is 11.2. The third-order valence-corrected chi connectivity index (χ3v) is 6.33. The Labute approximate surface area is 192 Å². The van der Waals surface area contributed by atoms with Gasteiger partial charge >= 0.3 is 12.1 Å². The molecule has 2 aromatic carbocycles. The van der Waals surface area contributed by atoms with Crippen molar-refractivity contribution in [1.82, 2.24) is 10.2 Å². The molecule has 33 heavy (non-hydrogen) atoms. The number of ether oxygens (including phenoxy) is 2. The van der Waals surface area contributed by atoms with Gasteiger partial charge in [0.1, 0.15) is 6.61 Å². The van der Waals surface area contributed by atoms with Gasteiger partial charge in [0.2, 0.25) is 5.91 Å². The fourth-order valence-corrected chi connectivity index (χ4v) is 4.62. The van der Waals surface area contributed by atoms with Crippen molar-refractivity contribution in [3.63, 3.8) is 0 Å². The van der Waals surface area contributed by atoms with E-state index in [0.29, 0.717) is 6.54 Å². The summed E-state index contributed by atoms with van der Waals surface area (Å²) in [4.78, 5) is 37.9. The van der Waals surface area contributed by atoms with Crippen LogP contribution in [0.25, 0.3) is 11.1 Å². The zero-order valence-electron chi connectivity index (χ0n) is 18.5. The summed E-state index contributed by atoms with van der Waals surface area (Å²) in [7, 11) is 0. The molecule has 2 atom stereocenters. The molecule has 0 spiro atoms. The highest BCUT2D eigenvalue weighted by atomic mass is 16.5. The highest BCUT2D eigenvalue weighted by Gasteiger charge is 2.38. The number of alkyl carbamates (subject to hydrolysis) is 1. The maximum absolute atomic E-state index is 12.9. The minimum absolute atomic E-state index is 0.0491. The Morgan fingerprint density at radius 1 is 1.06 bits per heavy atom. The van der Waals surface area contributed by atoms with Gasteiger partial charge in [0, 0.05) is 19.0 Å². The first kappa shape index (κ1) is 22.8. The van der Waals surface area contributed by atoms with E-state index in [-0.39, 0.29) is 44.6 Å². The summed E-state index contributed by atoms with van der Waals surface area (Å²) in [5, 5.41) is 11.7. The number of amides is 2. The summed E-state index contributed by atoms with van der Waals surface area (Å²) < 4.78 is 11.0. The molecule has 2 N–H and O–H groups in total. The molecule has 1 saturated heterocycles. The Morgan fingerprint density at radius 2 is 1.70 bits per heavy atom. The molecule has 0 aromatic heterocycles. The van der Waals surface area contributed by atoms with E-state index in [4.69, 9.17) is 14.6 Å². The van der Waals surface area contributed by atoms with E-state index in [1.807, 2.05) is 24.3 Å². The summed E-state index contributed by atoms with van der Waals surface area (Å²) in [6, 6.07) is 15.7. The lowest BCUT2D eigenvalue weighted by molar-refractivity contribution is -0.139. The number of fused-ring (bicyclic) bond motifs is 3. The highest BCUT2D eigenvalue weighted by Crippen LogP contribution is 2.44. The van der Waals surface area contributed by atoms with Gasteiger partial charge in [-0.2, -0.15) is 0 Å². The van der Waals surface area contributed by atoms with Crippen LogP contribution in [-0.4, -0.2) is 66.9 Å². The number of carbonyl (C=O) groups excluding carboxylic acids is 2. The molecule has 8 nitrogen and oxygen atoms in total. The SMILES string of the molecule is CCN(CCC(=O)O)C(=O)C1COCC1NC(=O)OCC1c2ccccc2-c2ccccc21. The van der Waals surface area contributed by atoms with Crippen molar-refractivity contribution >= 4 is 18.0 Å². The van der Waals surface area contributed by atoms with E-state index in [1.54, 1.807) is 6.92 Å². The van der Waals surface area contributed by atoms with Crippen molar-refractivity contribution in [3.8, 4) is 11.1 Å². The van der Waals surface area contributed by atoms with Crippen molar-refractivity contribution in [1.29, 1.82) is 0 Å². The maximum Gasteiger partial charge on any atom is 0.407 e. The maximum atomic E-state index is 12.9. The van der Waals surface area contributed by atoms with Gasteiger partial charge in [0.15, 0.2) is 0 Å². The number of rotatable bonds is 8. The first-order valence-corrected chi connectivity index (χ1v) is 11.2. The Kier molecular flexibility index (Phi) is 6.93. The van der Waals surface area contributed by atoms with Crippen molar-refractivity contribution in [3.05, 3.63) is 59.7 Å². The molecular weight excluding hydrogens is 424 g/mol. The van der Waals surface area contributed by atoms with Crippen molar-refractivity contribution in [2.75, 3.05) is 32.9 Å². The standard InChI is InChI=1S/C25H28N2O6/c1-2-27(12-11-23(28)29)24(30)21-13-32-15-22(21)26-25(31)33-14-20-18-9-5-3-7-16(18)17-8-4-6-10-19(17)20/h3-10,20-22H,2,11-15H2,1H3,(H,26,31)(H,28,29). The molecule has 8 heteroatoms. The lowest BCUT2D eigenvalue weighted by Gasteiger charge is -2.26. The van der Waals surface area contributed by atoms with Crippen LogP contribution in [0.5, 0.6) is 0 Å². The molecule has 2 amide bonds. The van der Waals surface area contributed by atoms with E-state index in [9.17, 15) is 14.4 Å². The molecule has 0 radical (unpaired) electrons. The van der Waals surface area contributed by atoms with Crippen LogP contribution in [0.3, 0.4) is 0 Å². The lowest BCUT2D eigenvalue weighted by atomic mass is 9.98. The first-order chi connectivity index (χ1) is 16.0. The smallest absolute Gasteiger partial charge is 0.407 e. The van der Waals surface area contributed by atoms with Gasteiger partial charge in [-0.1, -0.05) is 48.5 Å². The van der Waals surface area contributed by atoms with Crippen LogP contribution < -0.4 is 5.32 Å². The molecular formula is C25H28N2O6. The molecule has 1 heterocycles. The third kappa shape index (κ3) is 4.85. The number of carboxylic acids is 1.